The summed E-state index contributed by atoms with van der Waals surface area (Å²) in [6.45, 7) is 8.34. The van der Waals surface area contributed by atoms with Crippen LogP contribution >= 0.6 is 23.4 Å². The highest BCUT2D eigenvalue weighted by Gasteiger charge is 2.15. The summed E-state index contributed by atoms with van der Waals surface area (Å²) >= 11 is 7.45. The predicted molar refractivity (Wildman–Crippen MR) is 116 cm³/mol. The van der Waals surface area contributed by atoms with Gasteiger partial charge in [-0.3, -0.25) is 9.36 Å². The molecule has 7 heteroatoms. The summed E-state index contributed by atoms with van der Waals surface area (Å²) in [5.74, 6) is 0.848. The summed E-state index contributed by atoms with van der Waals surface area (Å²) < 4.78 is 1.96. The Kier molecular flexibility index (Phi) is 6.54. The highest BCUT2D eigenvalue weighted by molar-refractivity contribution is 7.99. The van der Waals surface area contributed by atoms with Gasteiger partial charge < -0.3 is 5.32 Å². The largest absolute Gasteiger partial charge is 0.325 e. The van der Waals surface area contributed by atoms with Gasteiger partial charge in [-0.25, -0.2) is 0 Å². The van der Waals surface area contributed by atoms with Gasteiger partial charge in [0.15, 0.2) is 11.0 Å². The van der Waals surface area contributed by atoms with Gasteiger partial charge in [-0.15, -0.1) is 16.8 Å². The predicted octanol–water partition coefficient (Wildman–Crippen LogP) is 5.13. The number of thioether (sulfide) groups is 1. The normalized spacial score (nSPS) is 10.7. The van der Waals surface area contributed by atoms with Crippen molar-refractivity contribution in [1.82, 2.24) is 14.8 Å². The molecule has 0 saturated heterocycles. The van der Waals surface area contributed by atoms with Crippen LogP contribution in [0.4, 0.5) is 5.69 Å². The number of aromatic nitrogens is 3. The van der Waals surface area contributed by atoms with Crippen molar-refractivity contribution >= 4 is 35.0 Å². The highest BCUT2D eigenvalue weighted by Crippen LogP contribution is 2.25. The lowest BCUT2D eigenvalue weighted by molar-refractivity contribution is -0.113. The standard InChI is InChI=1S/C21H21ClN4OS/c1-4-10-26-20(16-7-5-6-14(2)11-16)24-25-21(26)28-13-19(27)23-17-9-8-15(3)18(22)12-17/h4-9,11-12H,1,10,13H2,2-3H3,(H,23,27). The molecule has 0 aliphatic heterocycles. The van der Waals surface area contributed by atoms with Crippen molar-refractivity contribution in [2.45, 2.75) is 25.5 Å². The number of halogens is 1. The van der Waals surface area contributed by atoms with Gasteiger partial charge in [0.2, 0.25) is 5.91 Å². The molecule has 0 spiro atoms. The quantitative estimate of drug-likeness (QED) is 0.431. The maximum absolute atomic E-state index is 12.3. The summed E-state index contributed by atoms with van der Waals surface area (Å²) in [5, 5.41) is 12.8. The van der Waals surface area contributed by atoms with Crippen LogP contribution in [0.3, 0.4) is 0 Å². The molecule has 28 heavy (non-hydrogen) atoms. The van der Waals surface area contributed by atoms with E-state index in [0.29, 0.717) is 22.4 Å². The molecule has 1 N–H and O–H groups in total. The van der Waals surface area contributed by atoms with Crippen LogP contribution in [0.25, 0.3) is 11.4 Å². The van der Waals surface area contributed by atoms with Crippen molar-refractivity contribution in [1.29, 1.82) is 0 Å². The molecule has 144 valence electrons. The second-order valence-electron chi connectivity index (χ2n) is 6.38. The van der Waals surface area contributed by atoms with E-state index in [-0.39, 0.29) is 11.7 Å². The molecule has 0 saturated carbocycles. The molecule has 1 aromatic heterocycles. The van der Waals surface area contributed by atoms with Crippen LogP contribution in [0.2, 0.25) is 5.02 Å². The Morgan fingerprint density at radius 1 is 1.25 bits per heavy atom. The maximum Gasteiger partial charge on any atom is 0.234 e. The number of hydrogen-bond donors (Lipinski definition) is 1. The van der Waals surface area contributed by atoms with Gasteiger partial charge in [-0.2, -0.15) is 0 Å². The molecule has 0 atom stereocenters. The van der Waals surface area contributed by atoms with Crippen LogP contribution in [0, 0.1) is 13.8 Å². The Morgan fingerprint density at radius 3 is 2.79 bits per heavy atom. The van der Waals surface area contributed by atoms with E-state index >= 15 is 0 Å². The molecule has 1 heterocycles. The van der Waals surface area contributed by atoms with Crippen molar-refractivity contribution in [3.8, 4) is 11.4 Å². The fourth-order valence-corrected chi connectivity index (χ4v) is 3.61. The smallest absolute Gasteiger partial charge is 0.234 e. The fourth-order valence-electron chi connectivity index (χ4n) is 2.68. The van der Waals surface area contributed by atoms with Crippen LogP contribution in [0.15, 0.2) is 60.3 Å². The molecule has 0 fully saturated rings. The Hall–Kier alpha value is -2.57. The van der Waals surface area contributed by atoms with E-state index in [0.717, 1.165) is 22.5 Å². The summed E-state index contributed by atoms with van der Waals surface area (Å²) in [4.78, 5) is 12.3. The van der Waals surface area contributed by atoms with E-state index in [1.54, 1.807) is 12.1 Å². The Bertz CT molecular complexity index is 1020. The number of carbonyl (C=O) groups is 1. The van der Waals surface area contributed by atoms with Crippen LogP contribution in [-0.2, 0) is 11.3 Å². The third kappa shape index (κ3) is 4.82. The molecule has 5 nitrogen and oxygen atoms in total. The van der Waals surface area contributed by atoms with E-state index in [1.165, 1.54) is 11.8 Å². The first-order chi connectivity index (χ1) is 13.5. The maximum atomic E-state index is 12.3. The minimum absolute atomic E-state index is 0.129. The van der Waals surface area contributed by atoms with Gasteiger partial charge in [0, 0.05) is 22.8 Å². The first kappa shape index (κ1) is 20.2. The summed E-state index contributed by atoms with van der Waals surface area (Å²) in [5.41, 5.74) is 3.78. The van der Waals surface area contributed by atoms with Gasteiger partial charge in [0.05, 0.1) is 5.75 Å². The molecule has 0 unspecified atom stereocenters. The monoisotopic (exact) mass is 412 g/mol. The van der Waals surface area contributed by atoms with Crippen molar-refractivity contribution in [2.75, 3.05) is 11.1 Å². The number of anilines is 1. The Balaban J connectivity index is 1.72. The minimum atomic E-state index is -0.129. The number of amides is 1. The van der Waals surface area contributed by atoms with E-state index in [2.05, 4.69) is 28.2 Å². The van der Waals surface area contributed by atoms with Crippen LogP contribution < -0.4 is 5.32 Å². The first-order valence-corrected chi connectivity index (χ1v) is 10.1. The van der Waals surface area contributed by atoms with Gasteiger partial charge in [0.1, 0.15) is 0 Å². The molecule has 2 aromatic carbocycles. The number of nitrogens with one attached hydrogen (secondary N) is 1. The Labute approximate surface area is 173 Å². The van der Waals surface area contributed by atoms with Crippen LogP contribution in [0.5, 0.6) is 0 Å². The lowest BCUT2D eigenvalue weighted by atomic mass is 10.1. The molecule has 1 amide bonds. The van der Waals surface area contributed by atoms with Crippen molar-refractivity contribution in [3.63, 3.8) is 0 Å². The summed E-state index contributed by atoms with van der Waals surface area (Å²) in [6, 6.07) is 13.5. The van der Waals surface area contributed by atoms with Gasteiger partial charge >= 0.3 is 0 Å². The molecule has 0 aliphatic carbocycles. The van der Waals surface area contributed by atoms with E-state index < -0.39 is 0 Å². The van der Waals surface area contributed by atoms with E-state index in [9.17, 15) is 4.79 Å². The summed E-state index contributed by atoms with van der Waals surface area (Å²) in [7, 11) is 0. The fraction of sp³-hybridized carbons (Fsp3) is 0.190. The zero-order chi connectivity index (χ0) is 20.1. The van der Waals surface area contributed by atoms with E-state index in [4.69, 9.17) is 11.6 Å². The third-order valence-electron chi connectivity index (χ3n) is 4.09. The van der Waals surface area contributed by atoms with Crippen LogP contribution in [-0.4, -0.2) is 26.4 Å². The molecule has 0 aliphatic rings. The molecule has 3 rings (SSSR count). The topological polar surface area (TPSA) is 59.8 Å². The van der Waals surface area contributed by atoms with Gasteiger partial charge in [-0.1, -0.05) is 59.3 Å². The first-order valence-electron chi connectivity index (χ1n) is 8.78. The lowest BCUT2D eigenvalue weighted by Crippen LogP contribution is -2.14. The van der Waals surface area contributed by atoms with Crippen molar-refractivity contribution in [3.05, 3.63) is 71.3 Å². The molecule has 0 bridgehead atoms. The second-order valence-corrected chi connectivity index (χ2v) is 7.73. The van der Waals surface area contributed by atoms with Gasteiger partial charge in [-0.05, 0) is 37.6 Å². The number of carbonyl (C=O) groups excluding carboxylic acids is 1. The number of aryl methyl sites for hydroxylation is 2. The minimum Gasteiger partial charge on any atom is -0.325 e. The number of benzene rings is 2. The SMILES string of the molecule is C=CCn1c(SCC(=O)Nc2ccc(C)c(Cl)c2)nnc1-c1cccc(C)c1. The highest BCUT2D eigenvalue weighted by atomic mass is 35.5. The molecule has 3 aromatic rings. The van der Waals surface area contributed by atoms with Crippen molar-refractivity contribution in [2.24, 2.45) is 0 Å². The van der Waals surface area contributed by atoms with Crippen molar-refractivity contribution < 1.29 is 4.79 Å². The third-order valence-corrected chi connectivity index (χ3v) is 5.47. The zero-order valence-corrected chi connectivity index (χ0v) is 17.3. The second kappa shape index (κ2) is 9.08. The van der Waals surface area contributed by atoms with Gasteiger partial charge in [0.25, 0.3) is 0 Å². The average Bonchev–Trinajstić information content (AvgIpc) is 3.06. The molecular weight excluding hydrogens is 392 g/mol. The number of hydrogen-bond acceptors (Lipinski definition) is 4. The lowest BCUT2D eigenvalue weighted by Gasteiger charge is -2.09. The zero-order valence-electron chi connectivity index (χ0n) is 15.8. The molecular formula is C21H21ClN4OS. The van der Waals surface area contributed by atoms with Crippen LogP contribution in [0.1, 0.15) is 11.1 Å². The van der Waals surface area contributed by atoms with E-state index in [1.807, 2.05) is 48.7 Å². The molecule has 0 radical (unpaired) electrons. The number of nitrogens with zero attached hydrogens (tertiary/aromatic N) is 3. The Morgan fingerprint density at radius 2 is 2.07 bits per heavy atom. The number of allylic oxidation sites excluding steroid dienone is 1. The summed E-state index contributed by atoms with van der Waals surface area (Å²) in [6.07, 6.45) is 1.79. The average molecular weight is 413 g/mol. The number of rotatable bonds is 7.